The normalized spacial score (nSPS) is 17.8. The zero-order valence-electron chi connectivity index (χ0n) is 9.72. The number of anilines is 1. The number of methoxy groups -OCH3 is 1. The van der Waals surface area contributed by atoms with E-state index in [0.29, 0.717) is 6.10 Å². The smallest absolute Gasteiger partial charge is 0.189 e. The standard InChI is InChI=1S/C11H17N3OS/c1-15-9-4-7-14(8-5-9)10-3-6-12-11(13-10)16-2/h3,6,9H,4-5,7-8H2,1-2H3. The fourth-order valence-corrected chi connectivity index (χ4v) is 2.28. The monoisotopic (exact) mass is 239 g/mol. The average molecular weight is 239 g/mol. The molecule has 0 aliphatic carbocycles. The third-order valence-corrected chi connectivity index (χ3v) is 3.46. The van der Waals surface area contributed by atoms with E-state index in [1.807, 2.05) is 18.5 Å². The maximum atomic E-state index is 5.36. The molecule has 0 spiro atoms. The number of rotatable bonds is 3. The van der Waals surface area contributed by atoms with Crippen molar-refractivity contribution in [1.29, 1.82) is 0 Å². The second-order valence-electron chi connectivity index (χ2n) is 3.82. The first kappa shape index (κ1) is 11.7. The Kier molecular flexibility index (Phi) is 4.01. The van der Waals surface area contributed by atoms with Crippen molar-refractivity contribution in [1.82, 2.24) is 9.97 Å². The van der Waals surface area contributed by atoms with Gasteiger partial charge in [-0.3, -0.25) is 0 Å². The number of hydrogen-bond acceptors (Lipinski definition) is 5. The Morgan fingerprint density at radius 3 is 2.81 bits per heavy atom. The molecule has 1 aromatic heterocycles. The topological polar surface area (TPSA) is 38.2 Å². The van der Waals surface area contributed by atoms with Gasteiger partial charge in [0.25, 0.3) is 0 Å². The molecule has 2 heterocycles. The van der Waals surface area contributed by atoms with Gasteiger partial charge >= 0.3 is 0 Å². The molecule has 4 nitrogen and oxygen atoms in total. The van der Waals surface area contributed by atoms with Gasteiger partial charge in [0.1, 0.15) is 5.82 Å². The third kappa shape index (κ3) is 2.65. The van der Waals surface area contributed by atoms with Crippen LogP contribution in [-0.4, -0.2) is 42.5 Å². The quantitative estimate of drug-likeness (QED) is 0.594. The second-order valence-corrected chi connectivity index (χ2v) is 4.60. The Hall–Kier alpha value is -0.810. The summed E-state index contributed by atoms with van der Waals surface area (Å²) >= 11 is 1.58. The van der Waals surface area contributed by atoms with E-state index in [1.165, 1.54) is 0 Å². The Labute approximate surface area is 100 Å². The molecule has 5 heteroatoms. The molecular weight excluding hydrogens is 222 g/mol. The minimum absolute atomic E-state index is 0.415. The number of thioether (sulfide) groups is 1. The highest BCUT2D eigenvalue weighted by atomic mass is 32.2. The fourth-order valence-electron chi connectivity index (χ4n) is 1.93. The van der Waals surface area contributed by atoms with E-state index in [9.17, 15) is 0 Å². The van der Waals surface area contributed by atoms with E-state index in [4.69, 9.17) is 4.74 Å². The molecule has 88 valence electrons. The molecule has 1 aliphatic rings. The van der Waals surface area contributed by atoms with Crippen LogP contribution in [0.2, 0.25) is 0 Å². The van der Waals surface area contributed by atoms with Gasteiger partial charge in [-0.2, -0.15) is 0 Å². The summed E-state index contributed by atoms with van der Waals surface area (Å²) in [5, 5.41) is 0.839. The summed E-state index contributed by atoms with van der Waals surface area (Å²) in [6.45, 7) is 2.03. The first-order valence-electron chi connectivity index (χ1n) is 5.48. The molecule has 0 unspecified atom stereocenters. The molecular formula is C11H17N3OS. The molecule has 2 rings (SSSR count). The summed E-state index contributed by atoms with van der Waals surface area (Å²) < 4.78 is 5.36. The van der Waals surface area contributed by atoms with E-state index in [2.05, 4.69) is 14.9 Å². The minimum atomic E-state index is 0.415. The van der Waals surface area contributed by atoms with Gasteiger partial charge in [-0.1, -0.05) is 11.8 Å². The van der Waals surface area contributed by atoms with Crippen LogP contribution < -0.4 is 4.90 Å². The molecule has 0 amide bonds. The zero-order chi connectivity index (χ0) is 11.4. The predicted molar refractivity (Wildman–Crippen MR) is 66.1 cm³/mol. The molecule has 1 aromatic rings. The third-order valence-electron chi connectivity index (χ3n) is 2.90. The van der Waals surface area contributed by atoms with Crippen molar-refractivity contribution in [2.45, 2.75) is 24.1 Å². The highest BCUT2D eigenvalue weighted by molar-refractivity contribution is 7.98. The summed E-state index contributed by atoms with van der Waals surface area (Å²) in [5.41, 5.74) is 0. The maximum absolute atomic E-state index is 5.36. The molecule has 16 heavy (non-hydrogen) atoms. The van der Waals surface area contributed by atoms with Gasteiger partial charge in [0.05, 0.1) is 6.10 Å². The molecule has 0 atom stereocenters. The van der Waals surface area contributed by atoms with Gasteiger partial charge in [0.15, 0.2) is 5.16 Å². The number of piperidine rings is 1. The molecule has 0 radical (unpaired) electrons. The van der Waals surface area contributed by atoms with Crippen molar-refractivity contribution < 1.29 is 4.74 Å². The number of hydrogen-bond donors (Lipinski definition) is 0. The van der Waals surface area contributed by atoms with Gasteiger partial charge in [-0.05, 0) is 25.2 Å². The summed E-state index contributed by atoms with van der Waals surface area (Å²) in [4.78, 5) is 11.0. The van der Waals surface area contributed by atoms with Crippen LogP contribution in [0.5, 0.6) is 0 Å². The predicted octanol–water partition coefficient (Wildman–Crippen LogP) is 1.81. The van der Waals surface area contributed by atoms with Crippen molar-refractivity contribution in [3.63, 3.8) is 0 Å². The Morgan fingerprint density at radius 1 is 1.44 bits per heavy atom. The highest BCUT2D eigenvalue weighted by Crippen LogP contribution is 2.20. The van der Waals surface area contributed by atoms with E-state index >= 15 is 0 Å². The van der Waals surface area contributed by atoms with Crippen LogP contribution in [0.25, 0.3) is 0 Å². The first-order chi connectivity index (χ1) is 7.83. The van der Waals surface area contributed by atoms with Gasteiger partial charge in [-0.25, -0.2) is 9.97 Å². The second kappa shape index (κ2) is 5.50. The summed E-state index contributed by atoms with van der Waals surface area (Å²) in [7, 11) is 1.79. The molecule has 0 N–H and O–H groups in total. The number of aromatic nitrogens is 2. The van der Waals surface area contributed by atoms with E-state index in [1.54, 1.807) is 18.9 Å². The van der Waals surface area contributed by atoms with Gasteiger partial charge in [0.2, 0.25) is 0 Å². The van der Waals surface area contributed by atoms with Gasteiger partial charge < -0.3 is 9.64 Å². The highest BCUT2D eigenvalue weighted by Gasteiger charge is 2.19. The largest absolute Gasteiger partial charge is 0.381 e. The minimum Gasteiger partial charge on any atom is -0.381 e. The summed E-state index contributed by atoms with van der Waals surface area (Å²) in [6, 6.07) is 1.98. The van der Waals surface area contributed by atoms with Crippen LogP contribution in [0, 0.1) is 0 Å². The van der Waals surface area contributed by atoms with Crippen molar-refractivity contribution in [3.05, 3.63) is 12.3 Å². The van der Waals surface area contributed by atoms with Crippen LogP contribution in [0.4, 0.5) is 5.82 Å². The number of ether oxygens (including phenoxy) is 1. The lowest BCUT2D eigenvalue weighted by atomic mass is 10.1. The lowest BCUT2D eigenvalue weighted by Gasteiger charge is -2.32. The molecule has 0 aromatic carbocycles. The van der Waals surface area contributed by atoms with Gasteiger partial charge in [0, 0.05) is 26.4 Å². The van der Waals surface area contributed by atoms with Crippen molar-refractivity contribution in [2.24, 2.45) is 0 Å². The maximum Gasteiger partial charge on any atom is 0.189 e. The van der Waals surface area contributed by atoms with Crippen LogP contribution in [-0.2, 0) is 4.74 Å². The Balaban J connectivity index is 2.02. The molecule has 1 fully saturated rings. The SMILES string of the molecule is COC1CCN(c2ccnc(SC)n2)CC1. The van der Waals surface area contributed by atoms with Crippen molar-refractivity contribution >= 4 is 17.6 Å². The van der Waals surface area contributed by atoms with Gasteiger partial charge in [-0.15, -0.1) is 0 Å². The van der Waals surface area contributed by atoms with Crippen LogP contribution in [0.3, 0.4) is 0 Å². The lowest BCUT2D eigenvalue weighted by Crippen LogP contribution is -2.37. The van der Waals surface area contributed by atoms with Crippen molar-refractivity contribution in [2.75, 3.05) is 31.4 Å². The zero-order valence-corrected chi connectivity index (χ0v) is 10.5. The lowest BCUT2D eigenvalue weighted by molar-refractivity contribution is 0.0818. The van der Waals surface area contributed by atoms with E-state index in [0.717, 1.165) is 36.9 Å². The van der Waals surface area contributed by atoms with Crippen LogP contribution >= 0.6 is 11.8 Å². The van der Waals surface area contributed by atoms with E-state index < -0.39 is 0 Å². The molecule has 1 saturated heterocycles. The van der Waals surface area contributed by atoms with Crippen LogP contribution in [0.1, 0.15) is 12.8 Å². The average Bonchev–Trinajstić information content (AvgIpc) is 2.39. The molecule has 0 bridgehead atoms. The summed E-state index contributed by atoms with van der Waals surface area (Å²) in [6.07, 6.45) is 6.40. The Morgan fingerprint density at radius 2 is 2.19 bits per heavy atom. The fraction of sp³-hybridized carbons (Fsp3) is 0.636. The van der Waals surface area contributed by atoms with Crippen LogP contribution in [0.15, 0.2) is 17.4 Å². The molecule has 1 aliphatic heterocycles. The molecule has 0 saturated carbocycles. The Bertz CT molecular complexity index is 340. The number of nitrogens with zero attached hydrogens (tertiary/aromatic N) is 3. The summed E-state index contributed by atoms with van der Waals surface area (Å²) in [5.74, 6) is 1.04. The van der Waals surface area contributed by atoms with Crippen molar-refractivity contribution in [3.8, 4) is 0 Å². The first-order valence-corrected chi connectivity index (χ1v) is 6.70. The van der Waals surface area contributed by atoms with E-state index in [-0.39, 0.29) is 0 Å².